The molecule has 2 N–H and O–H groups in total. The molecule has 2 atom stereocenters. The molecule has 2 heterocycles. The molecule has 3 rings (SSSR count). The molecule has 0 radical (unpaired) electrons. The molecular weight excluding hydrogens is 250 g/mol. The lowest BCUT2D eigenvalue weighted by molar-refractivity contribution is -0.139. The van der Waals surface area contributed by atoms with Gasteiger partial charge in [0.1, 0.15) is 0 Å². The number of hydrogen-bond acceptors (Lipinski definition) is 3. The van der Waals surface area contributed by atoms with Gasteiger partial charge in [0, 0.05) is 37.1 Å². The summed E-state index contributed by atoms with van der Waals surface area (Å²) in [4.78, 5) is 17.4. The minimum absolute atomic E-state index is 0.208. The van der Waals surface area contributed by atoms with E-state index in [1.54, 1.807) is 0 Å². The maximum atomic E-state index is 12.7. The zero-order valence-corrected chi connectivity index (χ0v) is 12.8. The number of carbonyl (C=O) groups is 1. The van der Waals surface area contributed by atoms with Gasteiger partial charge >= 0.3 is 0 Å². The molecular formula is C16H29N3O. The molecule has 2 unspecified atom stereocenters. The summed E-state index contributed by atoms with van der Waals surface area (Å²) >= 11 is 0. The van der Waals surface area contributed by atoms with E-state index in [1.807, 2.05) is 0 Å². The van der Waals surface area contributed by atoms with Gasteiger partial charge < -0.3 is 10.6 Å². The molecule has 1 aliphatic carbocycles. The van der Waals surface area contributed by atoms with Crippen molar-refractivity contribution >= 4 is 5.91 Å². The normalized spacial score (nSPS) is 34.0. The van der Waals surface area contributed by atoms with Gasteiger partial charge in [-0.05, 0) is 39.2 Å². The fraction of sp³-hybridized carbons (Fsp3) is 0.938. The van der Waals surface area contributed by atoms with Crippen LogP contribution in [0.3, 0.4) is 0 Å². The Hall–Kier alpha value is -0.610. The number of hydrogen-bond donors (Lipinski definition) is 1. The van der Waals surface area contributed by atoms with Crippen LogP contribution in [-0.2, 0) is 4.79 Å². The van der Waals surface area contributed by atoms with Crippen LogP contribution >= 0.6 is 0 Å². The number of amides is 1. The smallest absolute Gasteiger partial charge is 0.224 e. The molecule has 1 saturated carbocycles. The Balaban J connectivity index is 1.62. The van der Waals surface area contributed by atoms with Gasteiger partial charge in [0.05, 0.1) is 0 Å². The van der Waals surface area contributed by atoms with E-state index >= 15 is 0 Å². The van der Waals surface area contributed by atoms with Gasteiger partial charge in [0.2, 0.25) is 5.91 Å². The third kappa shape index (κ3) is 2.86. The van der Waals surface area contributed by atoms with Crippen molar-refractivity contribution in [1.82, 2.24) is 9.80 Å². The first kappa shape index (κ1) is 14.3. The van der Waals surface area contributed by atoms with Gasteiger partial charge in [-0.25, -0.2) is 0 Å². The first-order valence-electron chi connectivity index (χ1n) is 8.40. The largest absolute Gasteiger partial charge is 0.337 e. The molecule has 4 nitrogen and oxygen atoms in total. The fourth-order valence-corrected chi connectivity index (χ4v) is 4.36. The topological polar surface area (TPSA) is 49.6 Å². The van der Waals surface area contributed by atoms with E-state index in [4.69, 9.17) is 5.73 Å². The number of nitrogens with two attached hydrogens (primary N) is 1. The number of rotatable bonds is 2. The number of fused-ring (bicyclic) bond motifs is 1. The number of piperazine rings is 1. The number of piperidine rings is 1. The summed E-state index contributed by atoms with van der Waals surface area (Å²) in [6.07, 6.45) is 8.88. The third-order valence-electron chi connectivity index (χ3n) is 5.61. The SMILES string of the molecule is CC1CN2CCCCC2CN1C(=O)CC1(N)CCCC1. The van der Waals surface area contributed by atoms with Gasteiger partial charge in [-0.2, -0.15) is 0 Å². The highest BCUT2D eigenvalue weighted by molar-refractivity contribution is 5.78. The minimum Gasteiger partial charge on any atom is -0.337 e. The van der Waals surface area contributed by atoms with E-state index in [1.165, 1.54) is 38.6 Å². The Morgan fingerprint density at radius 2 is 1.95 bits per heavy atom. The molecule has 0 bridgehead atoms. The third-order valence-corrected chi connectivity index (χ3v) is 5.61. The molecule has 4 heteroatoms. The standard InChI is InChI=1S/C16H29N3O/c1-13-11-18-9-5-2-6-14(18)12-19(13)15(20)10-16(17)7-3-4-8-16/h13-14H,2-12,17H2,1H3. The van der Waals surface area contributed by atoms with Gasteiger partial charge in [-0.3, -0.25) is 9.69 Å². The molecule has 3 fully saturated rings. The van der Waals surface area contributed by atoms with Crippen LogP contribution in [0.2, 0.25) is 0 Å². The quantitative estimate of drug-likeness (QED) is 0.837. The molecule has 1 amide bonds. The van der Waals surface area contributed by atoms with Crippen LogP contribution in [0.25, 0.3) is 0 Å². The van der Waals surface area contributed by atoms with Crippen molar-refractivity contribution < 1.29 is 4.79 Å². The summed E-state index contributed by atoms with van der Waals surface area (Å²) in [5.74, 6) is 0.298. The van der Waals surface area contributed by atoms with Crippen LogP contribution in [0.5, 0.6) is 0 Å². The van der Waals surface area contributed by atoms with Crippen molar-refractivity contribution in [2.75, 3.05) is 19.6 Å². The first-order chi connectivity index (χ1) is 9.57. The molecule has 0 aromatic heterocycles. The molecule has 20 heavy (non-hydrogen) atoms. The van der Waals surface area contributed by atoms with E-state index in [-0.39, 0.29) is 5.54 Å². The maximum Gasteiger partial charge on any atom is 0.224 e. The lowest BCUT2D eigenvalue weighted by Gasteiger charge is -2.48. The summed E-state index contributed by atoms with van der Waals surface area (Å²) in [5, 5.41) is 0. The average molecular weight is 279 g/mol. The van der Waals surface area contributed by atoms with E-state index in [2.05, 4.69) is 16.7 Å². The lowest BCUT2D eigenvalue weighted by Crippen LogP contribution is -2.61. The second kappa shape index (κ2) is 5.64. The zero-order chi connectivity index (χ0) is 14.2. The average Bonchev–Trinajstić information content (AvgIpc) is 2.84. The maximum absolute atomic E-state index is 12.7. The fourth-order valence-electron chi connectivity index (χ4n) is 4.36. The van der Waals surface area contributed by atoms with E-state index in [0.29, 0.717) is 24.4 Å². The second-order valence-electron chi connectivity index (χ2n) is 7.29. The van der Waals surface area contributed by atoms with Crippen molar-refractivity contribution in [3.8, 4) is 0 Å². The van der Waals surface area contributed by atoms with Crippen LogP contribution in [0.15, 0.2) is 0 Å². The van der Waals surface area contributed by atoms with E-state index in [0.717, 1.165) is 25.9 Å². The number of carbonyl (C=O) groups excluding carboxylic acids is 1. The van der Waals surface area contributed by atoms with Crippen molar-refractivity contribution in [2.24, 2.45) is 5.73 Å². The highest BCUT2D eigenvalue weighted by Crippen LogP contribution is 2.32. The Bertz CT molecular complexity index is 365. The lowest BCUT2D eigenvalue weighted by atomic mass is 9.92. The Kier molecular flexibility index (Phi) is 4.04. The summed E-state index contributed by atoms with van der Waals surface area (Å²) in [7, 11) is 0. The summed E-state index contributed by atoms with van der Waals surface area (Å²) in [6.45, 7) is 5.39. The molecule has 0 aromatic rings. The first-order valence-corrected chi connectivity index (χ1v) is 8.40. The van der Waals surface area contributed by atoms with E-state index < -0.39 is 0 Å². The van der Waals surface area contributed by atoms with Gasteiger partial charge in [0.25, 0.3) is 0 Å². The monoisotopic (exact) mass is 279 g/mol. The summed E-state index contributed by atoms with van der Waals surface area (Å²) in [5.41, 5.74) is 6.18. The predicted molar refractivity (Wildman–Crippen MR) is 80.4 cm³/mol. The Morgan fingerprint density at radius 3 is 2.70 bits per heavy atom. The molecule has 114 valence electrons. The van der Waals surface area contributed by atoms with Crippen LogP contribution in [-0.4, -0.2) is 53.0 Å². The van der Waals surface area contributed by atoms with Gasteiger partial charge in [0.15, 0.2) is 0 Å². The van der Waals surface area contributed by atoms with Crippen LogP contribution in [0.4, 0.5) is 0 Å². The Labute approximate surface area is 122 Å². The van der Waals surface area contributed by atoms with Crippen LogP contribution < -0.4 is 5.73 Å². The molecule has 3 aliphatic rings. The molecule has 0 aromatic carbocycles. The van der Waals surface area contributed by atoms with Crippen molar-refractivity contribution in [3.05, 3.63) is 0 Å². The predicted octanol–water partition coefficient (Wildman–Crippen LogP) is 1.73. The van der Waals surface area contributed by atoms with Crippen LogP contribution in [0, 0.1) is 0 Å². The summed E-state index contributed by atoms with van der Waals surface area (Å²) in [6, 6.07) is 0.947. The van der Waals surface area contributed by atoms with Gasteiger partial charge in [-0.1, -0.05) is 19.3 Å². The van der Waals surface area contributed by atoms with Crippen molar-refractivity contribution in [2.45, 2.75) is 75.9 Å². The number of nitrogens with zero attached hydrogens (tertiary/aromatic N) is 2. The molecule has 2 aliphatic heterocycles. The highest BCUT2D eigenvalue weighted by Gasteiger charge is 2.38. The highest BCUT2D eigenvalue weighted by atomic mass is 16.2. The minimum atomic E-state index is -0.208. The Morgan fingerprint density at radius 1 is 1.20 bits per heavy atom. The molecule has 0 spiro atoms. The van der Waals surface area contributed by atoms with Crippen LogP contribution in [0.1, 0.15) is 58.3 Å². The van der Waals surface area contributed by atoms with Crippen molar-refractivity contribution in [3.63, 3.8) is 0 Å². The summed E-state index contributed by atoms with van der Waals surface area (Å²) < 4.78 is 0. The van der Waals surface area contributed by atoms with E-state index in [9.17, 15) is 4.79 Å². The van der Waals surface area contributed by atoms with Crippen molar-refractivity contribution in [1.29, 1.82) is 0 Å². The van der Waals surface area contributed by atoms with Gasteiger partial charge in [-0.15, -0.1) is 0 Å². The zero-order valence-electron chi connectivity index (χ0n) is 12.8. The second-order valence-corrected chi connectivity index (χ2v) is 7.29. The molecule has 2 saturated heterocycles.